The number of ether oxygens (including phenoxy) is 2. The van der Waals surface area contributed by atoms with Crippen LogP contribution in [0, 0.1) is 0 Å². The van der Waals surface area contributed by atoms with Crippen molar-refractivity contribution in [1.29, 1.82) is 0 Å². The van der Waals surface area contributed by atoms with Gasteiger partial charge in [0.05, 0.1) is 13.7 Å². The number of nitrogens with zero attached hydrogens (tertiary/aromatic N) is 1. The van der Waals surface area contributed by atoms with E-state index in [1.165, 1.54) is 0 Å². The lowest BCUT2D eigenvalue weighted by Crippen LogP contribution is -2.24. The molecule has 0 saturated heterocycles. The van der Waals surface area contributed by atoms with Crippen molar-refractivity contribution in [3.8, 4) is 11.5 Å². The number of fused-ring (bicyclic) bond motifs is 1. The molecule has 0 aliphatic rings. The second-order valence-electron chi connectivity index (χ2n) is 7.31. The number of para-hydroxylation sites is 1. The molecule has 4 aromatic rings. The number of benzene rings is 3. The van der Waals surface area contributed by atoms with Gasteiger partial charge >= 0.3 is 0 Å². The van der Waals surface area contributed by atoms with Crippen molar-refractivity contribution in [3.05, 3.63) is 107 Å². The zero-order chi connectivity index (χ0) is 22.3. The summed E-state index contributed by atoms with van der Waals surface area (Å²) in [5.41, 5.74) is 1.26. The van der Waals surface area contributed by atoms with Crippen LogP contribution < -0.4 is 20.3 Å². The Kier molecular flexibility index (Phi) is 6.51. The van der Waals surface area contributed by atoms with Crippen molar-refractivity contribution in [1.82, 2.24) is 9.88 Å². The summed E-state index contributed by atoms with van der Waals surface area (Å²) in [5.74, 6) is 1.29. The van der Waals surface area contributed by atoms with E-state index >= 15 is 0 Å². The highest BCUT2D eigenvalue weighted by molar-refractivity contribution is 5.98. The number of nitrogens with one attached hydrogen (secondary N) is 1. The van der Waals surface area contributed by atoms with Crippen LogP contribution in [0.15, 0.2) is 89.9 Å². The normalized spacial score (nSPS) is 10.7. The Morgan fingerprint density at radius 3 is 2.47 bits per heavy atom. The van der Waals surface area contributed by atoms with Gasteiger partial charge in [-0.25, -0.2) is 0 Å². The van der Waals surface area contributed by atoms with Gasteiger partial charge in [0.2, 0.25) is 0 Å². The third kappa shape index (κ3) is 4.98. The highest BCUT2D eigenvalue weighted by Gasteiger charge is 2.10. The van der Waals surface area contributed by atoms with Gasteiger partial charge in [-0.1, -0.05) is 36.4 Å². The third-order valence-electron chi connectivity index (χ3n) is 5.20. The molecule has 0 bridgehead atoms. The van der Waals surface area contributed by atoms with Crippen molar-refractivity contribution < 1.29 is 14.3 Å². The molecule has 0 fully saturated rings. The van der Waals surface area contributed by atoms with Gasteiger partial charge in [0.1, 0.15) is 18.1 Å². The molecule has 162 valence electrons. The minimum absolute atomic E-state index is 0.149. The molecule has 6 heteroatoms. The van der Waals surface area contributed by atoms with Crippen molar-refractivity contribution in [2.24, 2.45) is 0 Å². The predicted molar refractivity (Wildman–Crippen MR) is 124 cm³/mol. The minimum Gasteiger partial charge on any atom is -0.497 e. The second-order valence-corrected chi connectivity index (χ2v) is 7.31. The first kappa shape index (κ1) is 21.2. The fourth-order valence-electron chi connectivity index (χ4n) is 3.40. The van der Waals surface area contributed by atoms with Crippen molar-refractivity contribution in [3.63, 3.8) is 0 Å². The molecule has 6 nitrogen and oxygen atoms in total. The van der Waals surface area contributed by atoms with Crippen LogP contribution >= 0.6 is 0 Å². The Morgan fingerprint density at radius 2 is 1.72 bits per heavy atom. The monoisotopic (exact) mass is 428 g/mol. The number of aromatic nitrogens is 1. The molecule has 1 amide bonds. The third-order valence-corrected chi connectivity index (χ3v) is 5.20. The van der Waals surface area contributed by atoms with Gasteiger partial charge in [-0.3, -0.25) is 9.59 Å². The molecular formula is C26H24N2O4. The number of carbonyl (C=O) groups excluding carboxylic acids is 1. The number of amides is 1. The van der Waals surface area contributed by atoms with Crippen LogP contribution in [0.3, 0.4) is 0 Å². The van der Waals surface area contributed by atoms with Crippen LogP contribution in [0.1, 0.15) is 15.9 Å². The van der Waals surface area contributed by atoms with E-state index in [0.717, 1.165) is 22.4 Å². The largest absolute Gasteiger partial charge is 0.497 e. The summed E-state index contributed by atoms with van der Waals surface area (Å²) in [6, 6.07) is 24.0. The molecule has 0 aliphatic carbocycles. The molecular weight excluding hydrogens is 404 g/mol. The van der Waals surface area contributed by atoms with Crippen molar-refractivity contribution in [2.75, 3.05) is 13.7 Å². The average Bonchev–Trinajstić information content (AvgIpc) is 2.85. The second kappa shape index (κ2) is 9.83. The topological polar surface area (TPSA) is 69.6 Å². The quantitative estimate of drug-likeness (QED) is 0.460. The molecule has 1 heterocycles. The molecule has 0 aliphatic heterocycles. The maximum Gasteiger partial charge on any atom is 0.258 e. The van der Waals surface area contributed by atoms with E-state index in [2.05, 4.69) is 5.32 Å². The van der Waals surface area contributed by atoms with E-state index in [9.17, 15) is 9.59 Å². The van der Waals surface area contributed by atoms with Crippen molar-refractivity contribution in [2.45, 2.75) is 13.1 Å². The van der Waals surface area contributed by atoms with Crippen LogP contribution in [-0.2, 0) is 13.1 Å². The van der Waals surface area contributed by atoms with Gasteiger partial charge in [0.15, 0.2) is 0 Å². The van der Waals surface area contributed by atoms with E-state index < -0.39 is 0 Å². The summed E-state index contributed by atoms with van der Waals surface area (Å²) in [7, 11) is 1.61. The van der Waals surface area contributed by atoms with Crippen LogP contribution in [0.2, 0.25) is 0 Å². The first-order chi connectivity index (χ1) is 15.6. The molecule has 1 aromatic heterocycles. The Balaban J connectivity index is 1.45. The fourth-order valence-corrected chi connectivity index (χ4v) is 3.40. The lowest BCUT2D eigenvalue weighted by atomic mass is 10.1. The van der Waals surface area contributed by atoms with Gasteiger partial charge < -0.3 is 19.4 Å². The summed E-state index contributed by atoms with van der Waals surface area (Å²) in [6.07, 6.45) is 1.75. The average molecular weight is 428 g/mol. The molecule has 1 N–H and O–H groups in total. The Hall–Kier alpha value is -4.06. The number of pyridine rings is 1. The summed E-state index contributed by atoms with van der Waals surface area (Å²) in [5, 5.41) is 4.19. The molecule has 4 rings (SSSR count). The van der Waals surface area contributed by atoms with Crippen LogP contribution in [0.5, 0.6) is 11.5 Å². The molecule has 0 spiro atoms. The minimum atomic E-state index is -0.232. The number of rotatable bonds is 8. The number of hydrogen-bond donors (Lipinski definition) is 1. The van der Waals surface area contributed by atoms with Crippen molar-refractivity contribution >= 4 is 16.7 Å². The molecule has 0 atom stereocenters. The zero-order valence-corrected chi connectivity index (χ0v) is 17.8. The zero-order valence-electron chi connectivity index (χ0n) is 17.8. The fraction of sp³-hybridized carbons (Fsp3) is 0.154. The predicted octanol–water partition coefficient (Wildman–Crippen LogP) is 4.02. The van der Waals surface area contributed by atoms with Gasteiger partial charge in [0, 0.05) is 23.7 Å². The summed E-state index contributed by atoms with van der Waals surface area (Å²) < 4.78 is 12.4. The van der Waals surface area contributed by atoms with Crippen LogP contribution in [-0.4, -0.2) is 24.2 Å². The molecule has 3 aromatic carbocycles. The Bertz CT molecular complexity index is 1260. The van der Waals surface area contributed by atoms with E-state index in [0.29, 0.717) is 30.6 Å². The molecule has 0 radical (unpaired) electrons. The number of carbonyl (C=O) groups is 1. The lowest BCUT2D eigenvalue weighted by molar-refractivity contribution is 0.0951. The lowest BCUT2D eigenvalue weighted by Gasteiger charge is -2.10. The summed E-state index contributed by atoms with van der Waals surface area (Å²) in [6.45, 7) is 1.17. The first-order valence-electron chi connectivity index (χ1n) is 10.4. The number of hydrogen-bond acceptors (Lipinski definition) is 4. The first-order valence-corrected chi connectivity index (χ1v) is 10.4. The highest BCUT2D eigenvalue weighted by Crippen LogP contribution is 2.14. The SMILES string of the molecule is COc1ccc(CNC(=O)c2ccc3ccn(CCOc4ccccc4)c(=O)c3c2)cc1. The van der Waals surface area contributed by atoms with Gasteiger partial charge in [-0.15, -0.1) is 0 Å². The van der Waals surface area contributed by atoms with Crippen LogP contribution in [0.4, 0.5) is 0 Å². The molecule has 0 saturated carbocycles. The summed E-state index contributed by atoms with van der Waals surface area (Å²) >= 11 is 0. The van der Waals surface area contributed by atoms with E-state index in [1.807, 2.05) is 60.7 Å². The van der Waals surface area contributed by atoms with Crippen LogP contribution in [0.25, 0.3) is 10.8 Å². The van der Waals surface area contributed by atoms with E-state index in [1.54, 1.807) is 36.1 Å². The maximum atomic E-state index is 12.9. The Labute approximate surface area is 186 Å². The Morgan fingerprint density at radius 1 is 0.938 bits per heavy atom. The standard InChI is InChI=1S/C26H24N2O4/c1-31-22-11-7-19(8-12-22)18-27-25(29)21-10-9-20-13-14-28(26(30)24(20)17-21)15-16-32-23-5-3-2-4-6-23/h2-14,17H,15-16,18H2,1H3,(H,27,29). The number of methoxy groups -OCH3 is 1. The molecule has 0 unspecified atom stereocenters. The smallest absolute Gasteiger partial charge is 0.258 e. The van der Waals surface area contributed by atoms with Gasteiger partial charge in [0.25, 0.3) is 11.5 Å². The maximum absolute atomic E-state index is 12.9. The van der Waals surface area contributed by atoms with Gasteiger partial charge in [-0.05, 0) is 53.4 Å². The van der Waals surface area contributed by atoms with E-state index in [4.69, 9.17) is 9.47 Å². The molecule has 32 heavy (non-hydrogen) atoms. The van der Waals surface area contributed by atoms with Gasteiger partial charge in [-0.2, -0.15) is 0 Å². The summed E-state index contributed by atoms with van der Waals surface area (Å²) in [4.78, 5) is 25.6. The highest BCUT2D eigenvalue weighted by atomic mass is 16.5. The van der Waals surface area contributed by atoms with E-state index in [-0.39, 0.29) is 11.5 Å².